The lowest BCUT2D eigenvalue weighted by molar-refractivity contribution is 0.467. The van der Waals surface area contributed by atoms with Gasteiger partial charge in [-0.25, -0.2) is 8.42 Å². The van der Waals surface area contributed by atoms with Crippen molar-refractivity contribution >= 4 is 38.6 Å². The van der Waals surface area contributed by atoms with Gasteiger partial charge in [0.25, 0.3) is 0 Å². The number of hydrogen-bond donors (Lipinski definition) is 1. The van der Waals surface area contributed by atoms with E-state index < -0.39 is 10.0 Å². The molecule has 0 bridgehead atoms. The predicted octanol–water partition coefficient (Wildman–Crippen LogP) is 2.20. The largest absolute Gasteiger partial charge is 0.389 e. The van der Waals surface area contributed by atoms with Gasteiger partial charge in [0.05, 0.1) is 4.90 Å². The van der Waals surface area contributed by atoms with E-state index in [1.54, 1.807) is 30.5 Å². The summed E-state index contributed by atoms with van der Waals surface area (Å²) in [6.07, 6.45) is 0. The van der Waals surface area contributed by atoms with Gasteiger partial charge >= 0.3 is 0 Å². The van der Waals surface area contributed by atoms with Crippen LogP contribution in [0.2, 0.25) is 0 Å². The normalized spacial score (nSPS) is 11.7. The molecule has 2 aromatic rings. The molecule has 0 spiro atoms. The lowest BCUT2D eigenvalue weighted by atomic mass is 10.2. The van der Waals surface area contributed by atoms with E-state index >= 15 is 0 Å². The molecule has 7 heteroatoms. The Morgan fingerprint density at radius 1 is 1.30 bits per heavy atom. The van der Waals surface area contributed by atoms with Crippen LogP contribution in [0, 0.1) is 0 Å². The minimum Gasteiger partial charge on any atom is -0.389 e. The highest BCUT2D eigenvalue weighted by Crippen LogP contribution is 2.18. The average Bonchev–Trinajstić information content (AvgIpc) is 2.91. The molecule has 0 atom stereocenters. The van der Waals surface area contributed by atoms with Crippen LogP contribution in [-0.4, -0.2) is 24.8 Å². The second-order valence-electron chi connectivity index (χ2n) is 4.28. The van der Waals surface area contributed by atoms with E-state index in [0.29, 0.717) is 12.1 Å². The fourth-order valence-electron chi connectivity index (χ4n) is 1.70. The number of thiophene rings is 1. The summed E-state index contributed by atoms with van der Waals surface area (Å²) >= 11 is 6.39. The molecule has 0 saturated heterocycles. The highest BCUT2D eigenvalue weighted by atomic mass is 32.2. The first-order valence-corrected chi connectivity index (χ1v) is 8.57. The van der Waals surface area contributed by atoms with Gasteiger partial charge in [0.2, 0.25) is 10.0 Å². The van der Waals surface area contributed by atoms with Crippen molar-refractivity contribution in [2.45, 2.75) is 11.4 Å². The second-order valence-corrected chi connectivity index (χ2v) is 7.55. The third-order valence-corrected chi connectivity index (χ3v) is 5.62. The molecule has 0 radical (unpaired) electrons. The maximum atomic E-state index is 12.4. The molecule has 0 saturated carbocycles. The van der Waals surface area contributed by atoms with Gasteiger partial charge in [-0.2, -0.15) is 15.6 Å². The van der Waals surface area contributed by atoms with E-state index in [-0.39, 0.29) is 9.88 Å². The third kappa shape index (κ3) is 3.24. The number of sulfonamides is 1. The maximum absolute atomic E-state index is 12.4. The Kier molecular flexibility index (Phi) is 4.54. The van der Waals surface area contributed by atoms with Crippen LogP contribution in [0.15, 0.2) is 46.0 Å². The standard InChI is InChI=1S/C13H14N2O2S3/c1-15(8-10-6-7-19-9-10)20(16,17)12-4-2-11(3-5-12)13(14)18/h2-7,9H,8H2,1H3,(H2,14,18). The number of nitrogens with zero attached hydrogens (tertiary/aromatic N) is 1. The first-order valence-electron chi connectivity index (χ1n) is 5.78. The second kappa shape index (κ2) is 6.01. The van der Waals surface area contributed by atoms with Crippen LogP contribution in [-0.2, 0) is 16.6 Å². The highest BCUT2D eigenvalue weighted by Gasteiger charge is 2.20. The molecule has 2 rings (SSSR count). The summed E-state index contributed by atoms with van der Waals surface area (Å²) in [5, 5.41) is 3.86. The zero-order valence-corrected chi connectivity index (χ0v) is 13.3. The van der Waals surface area contributed by atoms with Gasteiger partial charge in [-0.15, -0.1) is 0 Å². The van der Waals surface area contributed by atoms with Crippen molar-refractivity contribution in [1.29, 1.82) is 0 Å². The molecule has 0 amide bonds. The van der Waals surface area contributed by atoms with Crippen molar-refractivity contribution in [3.63, 3.8) is 0 Å². The molecule has 4 nitrogen and oxygen atoms in total. The van der Waals surface area contributed by atoms with Crippen molar-refractivity contribution < 1.29 is 8.42 Å². The van der Waals surface area contributed by atoms with Gasteiger partial charge in [-0.1, -0.05) is 24.4 Å². The van der Waals surface area contributed by atoms with E-state index in [2.05, 4.69) is 0 Å². The number of rotatable bonds is 5. The van der Waals surface area contributed by atoms with Crippen molar-refractivity contribution in [3.05, 3.63) is 52.2 Å². The van der Waals surface area contributed by atoms with E-state index in [1.807, 2.05) is 16.8 Å². The molecule has 2 N–H and O–H groups in total. The lowest BCUT2D eigenvalue weighted by Gasteiger charge is -2.16. The van der Waals surface area contributed by atoms with Gasteiger partial charge in [0.1, 0.15) is 4.99 Å². The lowest BCUT2D eigenvalue weighted by Crippen LogP contribution is -2.26. The maximum Gasteiger partial charge on any atom is 0.243 e. The average molecular weight is 326 g/mol. The van der Waals surface area contributed by atoms with Gasteiger partial charge in [-0.05, 0) is 34.5 Å². The van der Waals surface area contributed by atoms with Gasteiger partial charge in [0.15, 0.2) is 0 Å². The fourth-order valence-corrected chi connectivity index (χ4v) is 3.65. The van der Waals surface area contributed by atoms with E-state index in [4.69, 9.17) is 18.0 Å². The van der Waals surface area contributed by atoms with Crippen molar-refractivity contribution in [2.24, 2.45) is 5.73 Å². The Morgan fingerprint density at radius 2 is 1.95 bits per heavy atom. The molecule has 1 aromatic carbocycles. The molecule has 0 aliphatic carbocycles. The van der Waals surface area contributed by atoms with Crippen LogP contribution in [0.25, 0.3) is 0 Å². The summed E-state index contributed by atoms with van der Waals surface area (Å²) in [4.78, 5) is 0.482. The molecule has 1 aromatic heterocycles. The van der Waals surface area contributed by atoms with Crippen molar-refractivity contribution in [3.8, 4) is 0 Å². The molecule has 1 heterocycles. The molecule has 0 fully saturated rings. The van der Waals surface area contributed by atoms with E-state index in [0.717, 1.165) is 5.56 Å². The molecular weight excluding hydrogens is 312 g/mol. The Labute approximate surface area is 127 Å². The summed E-state index contributed by atoms with van der Waals surface area (Å²) < 4.78 is 26.1. The molecule has 20 heavy (non-hydrogen) atoms. The molecule has 0 aliphatic rings. The molecular formula is C13H14N2O2S3. The fraction of sp³-hybridized carbons (Fsp3) is 0.154. The number of benzene rings is 1. The summed E-state index contributed by atoms with van der Waals surface area (Å²) in [5.74, 6) is 0. The summed E-state index contributed by atoms with van der Waals surface area (Å²) in [6, 6.07) is 8.19. The number of hydrogen-bond acceptors (Lipinski definition) is 4. The van der Waals surface area contributed by atoms with E-state index in [1.165, 1.54) is 16.4 Å². The van der Waals surface area contributed by atoms with Gasteiger partial charge in [0, 0.05) is 19.2 Å². The SMILES string of the molecule is CN(Cc1ccsc1)S(=O)(=O)c1ccc(C(N)=S)cc1. The smallest absolute Gasteiger partial charge is 0.243 e. The first-order chi connectivity index (χ1) is 9.41. The van der Waals surface area contributed by atoms with E-state index in [9.17, 15) is 8.42 Å². The Hall–Kier alpha value is -1.28. The summed E-state index contributed by atoms with van der Waals surface area (Å²) in [7, 11) is -1.94. The van der Waals surface area contributed by atoms with Gasteiger partial charge < -0.3 is 5.73 Å². The molecule has 106 valence electrons. The van der Waals surface area contributed by atoms with Crippen molar-refractivity contribution in [1.82, 2.24) is 4.31 Å². The minimum atomic E-state index is -3.50. The number of thiocarbonyl (C=S) groups is 1. The van der Waals surface area contributed by atoms with Crippen LogP contribution in [0.5, 0.6) is 0 Å². The quantitative estimate of drug-likeness (QED) is 0.856. The van der Waals surface area contributed by atoms with Crippen molar-refractivity contribution in [2.75, 3.05) is 7.05 Å². The topological polar surface area (TPSA) is 63.4 Å². The number of nitrogens with two attached hydrogens (primary N) is 1. The van der Waals surface area contributed by atoms with Crippen LogP contribution in [0.1, 0.15) is 11.1 Å². The van der Waals surface area contributed by atoms with Gasteiger partial charge in [-0.3, -0.25) is 0 Å². The third-order valence-electron chi connectivity index (χ3n) is 2.83. The Balaban J connectivity index is 2.23. The molecule has 0 aliphatic heterocycles. The Bertz CT molecular complexity index is 692. The first kappa shape index (κ1) is 15.1. The van der Waals surface area contributed by atoms with Crippen LogP contribution < -0.4 is 5.73 Å². The van der Waals surface area contributed by atoms with Crippen LogP contribution >= 0.6 is 23.6 Å². The summed E-state index contributed by atoms with van der Waals surface area (Å²) in [6.45, 7) is 0.350. The zero-order valence-electron chi connectivity index (χ0n) is 10.8. The highest BCUT2D eigenvalue weighted by molar-refractivity contribution is 7.89. The predicted molar refractivity (Wildman–Crippen MR) is 85.3 cm³/mol. The van der Waals surface area contributed by atoms with Crippen LogP contribution in [0.3, 0.4) is 0 Å². The Morgan fingerprint density at radius 3 is 2.45 bits per heavy atom. The zero-order chi connectivity index (χ0) is 14.8. The summed E-state index contributed by atoms with van der Waals surface area (Å²) in [5.41, 5.74) is 7.12. The van der Waals surface area contributed by atoms with Crippen LogP contribution in [0.4, 0.5) is 0 Å². The monoisotopic (exact) mass is 326 g/mol. The molecule has 0 unspecified atom stereocenters. The minimum absolute atomic E-state index is 0.232.